The van der Waals surface area contributed by atoms with Gasteiger partial charge in [-0.05, 0) is 42.5 Å². The van der Waals surface area contributed by atoms with Crippen LogP contribution >= 0.6 is 0 Å². The molecule has 35 heavy (non-hydrogen) atoms. The van der Waals surface area contributed by atoms with Crippen LogP contribution in [0.25, 0.3) is 22.4 Å². The van der Waals surface area contributed by atoms with Crippen molar-refractivity contribution in [2.45, 2.75) is 0 Å². The number of rotatable bonds is 6. The Hall–Kier alpha value is -4.57. The fourth-order valence-electron chi connectivity index (χ4n) is 3.77. The molecule has 4 aromatic rings. The first-order chi connectivity index (χ1) is 17.1. The normalized spacial score (nSPS) is 13.4. The lowest BCUT2D eigenvalue weighted by atomic mass is 10.2. The Morgan fingerprint density at radius 2 is 1.89 bits per heavy atom. The summed E-state index contributed by atoms with van der Waals surface area (Å²) in [6.07, 6.45) is 2.63. The molecule has 0 bridgehead atoms. The van der Waals surface area contributed by atoms with Crippen LogP contribution in [0.15, 0.2) is 72.2 Å². The van der Waals surface area contributed by atoms with Gasteiger partial charge in [-0.3, -0.25) is 9.59 Å². The highest BCUT2D eigenvalue weighted by Gasteiger charge is 2.12. The summed E-state index contributed by atoms with van der Waals surface area (Å²) in [7, 11) is 0. The van der Waals surface area contributed by atoms with Crippen LogP contribution in [-0.4, -0.2) is 52.1 Å². The molecular weight excluding hydrogens is 446 g/mol. The number of benzene rings is 2. The van der Waals surface area contributed by atoms with Gasteiger partial charge in [0.15, 0.2) is 5.65 Å². The summed E-state index contributed by atoms with van der Waals surface area (Å²) in [5.41, 5.74) is 3.02. The Morgan fingerprint density at radius 3 is 2.66 bits per heavy atom. The number of nitrogens with zero attached hydrogens (tertiary/aromatic N) is 4. The molecule has 0 aliphatic carbocycles. The minimum absolute atomic E-state index is 0.256. The first-order valence-electron chi connectivity index (χ1n) is 11.1. The zero-order valence-corrected chi connectivity index (χ0v) is 18.8. The van der Waals surface area contributed by atoms with E-state index in [-0.39, 0.29) is 22.5 Å². The average Bonchev–Trinajstić information content (AvgIpc) is 2.89. The molecule has 3 heterocycles. The highest BCUT2D eigenvalue weighted by atomic mass is 16.5. The maximum atomic E-state index is 12.6. The molecule has 10 heteroatoms. The summed E-state index contributed by atoms with van der Waals surface area (Å²) in [5.74, 6) is 0.327. The zero-order valence-electron chi connectivity index (χ0n) is 18.8. The van der Waals surface area contributed by atoms with Crippen molar-refractivity contribution in [3.8, 4) is 11.4 Å². The number of aromatic nitrogens is 4. The quantitative estimate of drug-likeness (QED) is 0.368. The van der Waals surface area contributed by atoms with Gasteiger partial charge >= 0.3 is 0 Å². The maximum absolute atomic E-state index is 12.6. The van der Waals surface area contributed by atoms with E-state index in [0.29, 0.717) is 23.0 Å². The predicted octanol–water partition coefficient (Wildman–Crippen LogP) is 3.08. The second kappa shape index (κ2) is 9.74. The Bertz CT molecular complexity index is 1440. The molecule has 0 unspecified atom stereocenters. The fraction of sp³-hybridized carbons (Fsp3) is 0.160. The SMILES string of the molecule is C=CC(=O)Nc1cccc(-c2nc3nc(Nc4ccc(N5CCOCC5)cc4)ncc3c(=O)[nH]2)c1. The van der Waals surface area contributed by atoms with Crippen molar-refractivity contribution in [3.05, 3.63) is 77.7 Å². The van der Waals surface area contributed by atoms with Gasteiger partial charge in [-0.2, -0.15) is 4.98 Å². The highest BCUT2D eigenvalue weighted by Crippen LogP contribution is 2.22. The number of carbonyl (C=O) groups excluding carboxylic acids is 1. The number of morpholine rings is 1. The average molecular weight is 470 g/mol. The summed E-state index contributed by atoms with van der Waals surface area (Å²) < 4.78 is 5.41. The Labute approximate surface area is 200 Å². The molecule has 1 saturated heterocycles. The van der Waals surface area contributed by atoms with Crippen molar-refractivity contribution in [1.29, 1.82) is 0 Å². The summed E-state index contributed by atoms with van der Waals surface area (Å²) >= 11 is 0. The number of fused-ring (bicyclic) bond motifs is 1. The lowest BCUT2D eigenvalue weighted by molar-refractivity contribution is -0.111. The molecule has 176 valence electrons. The Kier molecular flexibility index (Phi) is 6.18. The minimum Gasteiger partial charge on any atom is -0.378 e. The molecule has 0 spiro atoms. The summed E-state index contributed by atoms with van der Waals surface area (Å²) in [6, 6.07) is 15.0. The van der Waals surface area contributed by atoms with Gasteiger partial charge in [0, 0.05) is 41.9 Å². The molecule has 0 radical (unpaired) electrons. The number of aromatic amines is 1. The predicted molar refractivity (Wildman–Crippen MR) is 135 cm³/mol. The van der Waals surface area contributed by atoms with E-state index >= 15 is 0 Å². The van der Waals surface area contributed by atoms with E-state index in [1.807, 2.05) is 24.3 Å². The topological polar surface area (TPSA) is 125 Å². The van der Waals surface area contributed by atoms with Gasteiger partial charge < -0.3 is 25.3 Å². The van der Waals surface area contributed by atoms with E-state index in [4.69, 9.17) is 4.74 Å². The van der Waals surface area contributed by atoms with Crippen LogP contribution in [0.4, 0.5) is 23.0 Å². The summed E-state index contributed by atoms with van der Waals surface area (Å²) in [4.78, 5) is 42.5. The van der Waals surface area contributed by atoms with E-state index in [1.165, 1.54) is 12.3 Å². The number of carbonyl (C=O) groups is 1. The molecule has 1 amide bonds. The lowest BCUT2D eigenvalue weighted by Gasteiger charge is -2.28. The van der Waals surface area contributed by atoms with E-state index in [9.17, 15) is 9.59 Å². The molecule has 3 N–H and O–H groups in total. The molecule has 2 aromatic heterocycles. The minimum atomic E-state index is -0.355. The summed E-state index contributed by atoms with van der Waals surface area (Å²) in [5, 5.41) is 6.14. The highest BCUT2D eigenvalue weighted by molar-refractivity contribution is 5.99. The summed E-state index contributed by atoms with van der Waals surface area (Å²) in [6.45, 7) is 6.64. The number of nitrogens with one attached hydrogen (secondary N) is 3. The largest absolute Gasteiger partial charge is 0.378 e. The molecule has 10 nitrogen and oxygen atoms in total. The number of anilines is 4. The molecule has 1 aliphatic rings. The maximum Gasteiger partial charge on any atom is 0.262 e. The molecule has 5 rings (SSSR count). The van der Waals surface area contributed by atoms with Crippen LogP contribution in [0.5, 0.6) is 0 Å². The number of ether oxygens (including phenoxy) is 1. The van der Waals surface area contributed by atoms with E-state index in [1.54, 1.807) is 24.3 Å². The number of amides is 1. The molecule has 0 saturated carbocycles. The van der Waals surface area contributed by atoms with E-state index in [2.05, 4.69) is 42.0 Å². The van der Waals surface area contributed by atoms with E-state index in [0.717, 1.165) is 37.7 Å². The standard InChI is InChI=1S/C25H23N7O3/c1-2-21(33)27-18-5-3-4-16(14-18)22-29-23-20(24(34)30-22)15-26-25(31-23)28-17-6-8-19(9-7-17)32-10-12-35-13-11-32/h2-9,14-15H,1,10-13H2,(H,27,33)(H2,26,28,29,30,31,34). The number of H-pyrrole nitrogens is 1. The van der Waals surface area contributed by atoms with Crippen molar-refractivity contribution < 1.29 is 9.53 Å². The van der Waals surface area contributed by atoms with Crippen molar-refractivity contribution in [3.63, 3.8) is 0 Å². The van der Waals surface area contributed by atoms with E-state index < -0.39 is 0 Å². The van der Waals surface area contributed by atoms with Crippen molar-refractivity contribution >= 4 is 40.0 Å². The van der Waals surface area contributed by atoms with Crippen LogP contribution in [0.2, 0.25) is 0 Å². The monoisotopic (exact) mass is 469 g/mol. The first kappa shape index (κ1) is 22.2. The molecule has 1 fully saturated rings. The molecular formula is C25H23N7O3. The van der Waals surface area contributed by atoms with Crippen LogP contribution in [0.3, 0.4) is 0 Å². The van der Waals surface area contributed by atoms with Crippen LogP contribution < -0.4 is 21.1 Å². The molecule has 0 atom stereocenters. The number of hydrogen-bond donors (Lipinski definition) is 3. The first-order valence-corrected chi connectivity index (χ1v) is 11.1. The third kappa shape index (κ3) is 5.02. The van der Waals surface area contributed by atoms with Crippen LogP contribution in [0.1, 0.15) is 0 Å². The molecule has 2 aromatic carbocycles. The third-order valence-corrected chi connectivity index (χ3v) is 5.55. The van der Waals surface area contributed by atoms with Gasteiger partial charge in [-0.15, -0.1) is 0 Å². The van der Waals surface area contributed by atoms with Gasteiger partial charge in [0.1, 0.15) is 11.2 Å². The van der Waals surface area contributed by atoms with Crippen LogP contribution in [-0.2, 0) is 9.53 Å². The molecule has 1 aliphatic heterocycles. The van der Waals surface area contributed by atoms with Crippen LogP contribution in [0, 0.1) is 0 Å². The van der Waals surface area contributed by atoms with Gasteiger partial charge in [0.2, 0.25) is 11.9 Å². The van der Waals surface area contributed by atoms with Gasteiger partial charge in [-0.1, -0.05) is 18.7 Å². The fourth-order valence-corrected chi connectivity index (χ4v) is 3.77. The Balaban J connectivity index is 1.40. The second-order valence-corrected chi connectivity index (χ2v) is 7.89. The van der Waals surface area contributed by atoms with Crippen molar-refractivity contribution in [2.75, 3.05) is 41.8 Å². The lowest BCUT2D eigenvalue weighted by Crippen LogP contribution is -2.36. The smallest absolute Gasteiger partial charge is 0.262 e. The zero-order chi connectivity index (χ0) is 24.2. The van der Waals surface area contributed by atoms with Gasteiger partial charge in [-0.25, -0.2) is 9.97 Å². The van der Waals surface area contributed by atoms with Gasteiger partial charge in [0.25, 0.3) is 5.56 Å². The Morgan fingerprint density at radius 1 is 1.09 bits per heavy atom. The third-order valence-electron chi connectivity index (χ3n) is 5.55. The van der Waals surface area contributed by atoms with Crippen molar-refractivity contribution in [2.24, 2.45) is 0 Å². The van der Waals surface area contributed by atoms with Crippen molar-refractivity contribution in [1.82, 2.24) is 19.9 Å². The van der Waals surface area contributed by atoms with Gasteiger partial charge in [0.05, 0.1) is 13.2 Å². The number of hydrogen-bond acceptors (Lipinski definition) is 8. The second-order valence-electron chi connectivity index (χ2n) is 7.89.